The molecule has 0 saturated heterocycles. The third-order valence-corrected chi connectivity index (χ3v) is 5.64. The summed E-state index contributed by atoms with van der Waals surface area (Å²) in [7, 11) is 0. The Labute approximate surface area is 181 Å². The zero-order valence-corrected chi connectivity index (χ0v) is 17.1. The Balaban J connectivity index is 1.82. The molecule has 7 heteroatoms. The highest BCUT2D eigenvalue weighted by molar-refractivity contribution is 6.08. The van der Waals surface area contributed by atoms with Gasteiger partial charge in [0.1, 0.15) is 11.5 Å². The summed E-state index contributed by atoms with van der Waals surface area (Å²) in [5.74, 6) is -1.63. The predicted octanol–water partition coefficient (Wildman–Crippen LogP) is 4.74. The fourth-order valence-electron chi connectivity index (χ4n) is 4.16. The molecule has 0 aliphatic heterocycles. The van der Waals surface area contributed by atoms with Crippen molar-refractivity contribution in [3.63, 3.8) is 0 Å². The Morgan fingerprint density at radius 3 is 2.78 bits per heavy atom. The van der Waals surface area contributed by atoms with Crippen LogP contribution in [-0.4, -0.2) is 25.6 Å². The smallest absolute Gasteiger partial charge is 0.353 e. The molecule has 3 heterocycles. The first-order chi connectivity index (χ1) is 15.4. The van der Waals surface area contributed by atoms with Crippen molar-refractivity contribution < 1.29 is 14.3 Å². The maximum Gasteiger partial charge on any atom is 0.353 e. The number of hydrogen-bond donors (Lipinski definition) is 2. The molecular weight excluding hydrogens is 409 g/mol. The molecule has 0 bridgehead atoms. The van der Waals surface area contributed by atoms with Crippen LogP contribution in [0.25, 0.3) is 32.9 Å². The monoisotopic (exact) mass is 427 g/mol. The summed E-state index contributed by atoms with van der Waals surface area (Å²) >= 11 is 0. The van der Waals surface area contributed by atoms with Gasteiger partial charge in [-0.05, 0) is 60.5 Å². The van der Waals surface area contributed by atoms with Crippen molar-refractivity contribution in [2.75, 3.05) is 0 Å². The van der Waals surface area contributed by atoms with Gasteiger partial charge in [0.2, 0.25) is 0 Å². The van der Waals surface area contributed by atoms with E-state index < -0.39 is 17.3 Å². The lowest BCUT2D eigenvalue weighted by Gasteiger charge is -2.10. The first-order valence-corrected chi connectivity index (χ1v) is 10.0. The van der Waals surface area contributed by atoms with Gasteiger partial charge < -0.3 is 14.7 Å². The number of carboxylic acids is 1. The van der Waals surface area contributed by atoms with Gasteiger partial charge in [-0.3, -0.25) is 9.78 Å². The number of aromatic carboxylic acids is 1. The maximum absolute atomic E-state index is 14.6. The molecule has 2 N–H and O–H groups in total. The topological polar surface area (TPSA) is 88.0 Å². The Morgan fingerprint density at radius 1 is 1.16 bits per heavy atom. The van der Waals surface area contributed by atoms with Gasteiger partial charge in [-0.1, -0.05) is 12.1 Å². The minimum atomic E-state index is -1.19. The molecule has 0 fully saturated rings. The van der Waals surface area contributed by atoms with Crippen molar-refractivity contribution in [3.05, 3.63) is 100.0 Å². The molecule has 3 aromatic heterocycles. The molecule has 6 nitrogen and oxygen atoms in total. The normalized spacial score (nSPS) is 11.3. The van der Waals surface area contributed by atoms with Crippen LogP contribution in [0.1, 0.15) is 21.6 Å². The number of nitrogens with zero attached hydrogens (tertiary/aromatic N) is 2. The largest absolute Gasteiger partial charge is 0.477 e. The molecule has 5 aromatic rings. The number of aryl methyl sites for hydroxylation is 1. The Morgan fingerprint density at radius 2 is 2.00 bits per heavy atom. The Bertz CT molecular complexity index is 1580. The highest BCUT2D eigenvalue weighted by Gasteiger charge is 2.26. The van der Waals surface area contributed by atoms with Crippen LogP contribution in [0.2, 0.25) is 0 Å². The minimum absolute atomic E-state index is 0.0621. The van der Waals surface area contributed by atoms with E-state index in [9.17, 15) is 19.1 Å². The van der Waals surface area contributed by atoms with E-state index in [4.69, 9.17) is 0 Å². The lowest BCUT2D eigenvalue weighted by molar-refractivity contribution is 0.0687. The first-order valence-electron chi connectivity index (χ1n) is 10.0. The first kappa shape index (κ1) is 19.7. The number of aromatic amines is 1. The molecule has 0 aliphatic rings. The quantitative estimate of drug-likeness (QED) is 0.434. The number of carboxylic acid groups (broad SMARTS) is 1. The molecule has 0 aliphatic carbocycles. The van der Waals surface area contributed by atoms with E-state index in [1.54, 1.807) is 35.9 Å². The van der Waals surface area contributed by atoms with Crippen LogP contribution in [0.3, 0.4) is 0 Å². The molecule has 0 amide bonds. The number of aromatic nitrogens is 3. The minimum Gasteiger partial charge on any atom is -0.477 e. The van der Waals surface area contributed by atoms with E-state index >= 15 is 0 Å². The number of nitrogens with one attached hydrogen (secondary N) is 1. The molecule has 0 saturated carbocycles. The van der Waals surface area contributed by atoms with Crippen LogP contribution in [0.5, 0.6) is 0 Å². The summed E-state index contributed by atoms with van der Waals surface area (Å²) in [6.45, 7) is 1.80. The van der Waals surface area contributed by atoms with Crippen molar-refractivity contribution >= 4 is 27.8 Å². The van der Waals surface area contributed by atoms with Crippen LogP contribution < -0.4 is 5.56 Å². The predicted molar refractivity (Wildman–Crippen MR) is 120 cm³/mol. The molecular formula is C25H18FN3O3. The van der Waals surface area contributed by atoms with E-state index in [0.717, 1.165) is 16.5 Å². The van der Waals surface area contributed by atoms with E-state index in [-0.39, 0.29) is 23.4 Å². The van der Waals surface area contributed by atoms with Crippen molar-refractivity contribution in [2.24, 2.45) is 0 Å². The van der Waals surface area contributed by atoms with E-state index in [0.29, 0.717) is 16.5 Å². The lowest BCUT2D eigenvalue weighted by Crippen LogP contribution is -2.13. The van der Waals surface area contributed by atoms with Crippen LogP contribution >= 0.6 is 0 Å². The summed E-state index contributed by atoms with van der Waals surface area (Å²) in [5, 5.41) is 11.6. The molecule has 0 spiro atoms. The third-order valence-electron chi connectivity index (χ3n) is 5.64. The molecule has 32 heavy (non-hydrogen) atoms. The van der Waals surface area contributed by atoms with Gasteiger partial charge in [0.15, 0.2) is 0 Å². The Kier molecular flexibility index (Phi) is 4.59. The number of H-pyrrole nitrogens is 1. The van der Waals surface area contributed by atoms with Crippen molar-refractivity contribution in [1.82, 2.24) is 14.5 Å². The van der Waals surface area contributed by atoms with Gasteiger partial charge in [-0.15, -0.1) is 0 Å². The molecule has 158 valence electrons. The number of benzene rings is 2. The maximum atomic E-state index is 14.6. The van der Waals surface area contributed by atoms with Gasteiger partial charge >= 0.3 is 5.97 Å². The fraction of sp³-hybridized carbons (Fsp3) is 0.0800. The molecule has 2 aromatic carbocycles. The molecule has 0 unspecified atom stereocenters. The molecule has 5 rings (SSSR count). The third kappa shape index (κ3) is 3.15. The van der Waals surface area contributed by atoms with E-state index in [2.05, 4.69) is 9.97 Å². The summed E-state index contributed by atoms with van der Waals surface area (Å²) in [5.41, 5.74) is 2.47. The zero-order valence-electron chi connectivity index (χ0n) is 17.1. The summed E-state index contributed by atoms with van der Waals surface area (Å²) < 4.78 is 16.1. The van der Waals surface area contributed by atoms with Gasteiger partial charge in [0, 0.05) is 40.8 Å². The van der Waals surface area contributed by atoms with Gasteiger partial charge in [-0.2, -0.15) is 0 Å². The van der Waals surface area contributed by atoms with Crippen LogP contribution in [0.4, 0.5) is 4.39 Å². The summed E-state index contributed by atoms with van der Waals surface area (Å²) in [4.78, 5) is 31.9. The number of carbonyl (C=O) groups is 1. The summed E-state index contributed by atoms with van der Waals surface area (Å²) in [6.07, 6.45) is 3.19. The number of fused-ring (bicyclic) bond motifs is 2. The average Bonchev–Trinajstić information content (AvgIpc) is 3.07. The lowest BCUT2D eigenvalue weighted by atomic mass is 10.0. The average molecular weight is 427 g/mol. The van der Waals surface area contributed by atoms with Crippen LogP contribution in [-0.2, 0) is 6.54 Å². The molecule has 0 radical (unpaired) electrons. The number of pyridine rings is 2. The van der Waals surface area contributed by atoms with Gasteiger partial charge in [0.25, 0.3) is 5.56 Å². The summed E-state index contributed by atoms with van der Waals surface area (Å²) in [6, 6.07) is 15.6. The van der Waals surface area contributed by atoms with E-state index in [1.807, 2.05) is 30.3 Å². The number of halogens is 1. The number of rotatable bonds is 4. The second kappa shape index (κ2) is 7.46. The van der Waals surface area contributed by atoms with Crippen molar-refractivity contribution in [1.29, 1.82) is 0 Å². The standard InChI is InChI=1S/C25H18FN3O3/c1-14-10-18-21(12-19(14)26)29(13-15-6-7-20-16(11-15)4-2-8-27-20)23(25(31)32)22(18)17-5-3-9-28-24(17)30/h2-12H,13H2,1H3,(H,28,30)(H,31,32). The second-order valence-corrected chi connectivity index (χ2v) is 7.68. The van der Waals surface area contributed by atoms with Crippen molar-refractivity contribution in [2.45, 2.75) is 13.5 Å². The van der Waals surface area contributed by atoms with E-state index in [1.165, 1.54) is 12.3 Å². The SMILES string of the molecule is Cc1cc2c(-c3ccc[nH]c3=O)c(C(=O)O)n(Cc3ccc4ncccc4c3)c2cc1F. The fourth-order valence-corrected chi connectivity index (χ4v) is 4.16. The highest BCUT2D eigenvalue weighted by atomic mass is 19.1. The second-order valence-electron chi connectivity index (χ2n) is 7.68. The van der Waals surface area contributed by atoms with Crippen molar-refractivity contribution in [3.8, 4) is 11.1 Å². The van der Waals surface area contributed by atoms with Crippen LogP contribution in [0.15, 0.2) is 71.8 Å². The zero-order chi connectivity index (χ0) is 22.4. The van der Waals surface area contributed by atoms with Gasteiger partial charge in [-0.25, -0.2) is 9.18 Å². The molecule has 0 atom stereocenters. The van der Waals surface area contributed by atoms with Gasteiger partial charge in [0.05, 0.1) is 11.0 Å². The number of hydrogen-bond acceptors (Lipinski definition) is 3. The van der Waals surface area contributed by atoms with Crippen LogP contribution in [0, 0.1) is 12.7 Å². The Hall–Kier alpha value is -4.26. The highest BCUT2D eigenvalue weighted by Crippen LogP contribution is 2.35.